The number of imide groups is 1. The molecular formula is C13H15N3O4S. The highest BCUT2D eigenvalue weighted by Crippen LogP contribution is 2.25. The van der Waals surface area contributed by atoms with Crippen LogP contribution in [0.3, 0.4) is 0 Å². The second-order valence-electron chi connectivity index (χ2n) is 5.21. The van der Waals surface area contributed by atoms with Crippen molar-refractivity contribution < 1.29 is 18.0 Å². The lowest BCUT2D eigenvalue weighted by atomic mass is 10.1. The average Bonchev–Trinajstić information content (AvgIpc) is 2.69. The van der Waals surface area contributed by atoms with Crippen LogP contribution in [-0.2, 0) is 14.8 Å². The summed E-state index contributed by atoms with van der Waals surface area (Å²) in [4.78, 5) is 24.4. The number of benzene rings is 1. The van der Waals surface area contributed by atoms with Gasteiger partial charge >= 0.3 is 6.03 Å². The first kappa shape index (κ1) is 14.0. The summed E-state index contributed by atoms with van der Waals surface area (Å²) in [7, 11) is -3.55. The lowest BCUT2D eigenvalue weighted by molar-refractivity contribution is -0.128. The quantitative estimate of drug-likeness (QED) is 0.791. The van der Waals surface area contributed by atoms with E-state index in [9.17, 15) is 18.0 Å². The summed E-state index contributed by atoms with van der Waals surface area (Å²) >= 11 is 0. The lowest BCUT2D eigenvalue weighted by Crippen LogP contribution is -2.62. The molecule has 3 rings (SSSR count). The fraction of sp³-hybridized carbons (Fsp3) is 0.385. The van der Waals surface area contributed by atoms with Gasteiger partial charge < -0.3 is 5.32 Å². The minimum Gasteiger partial charge on any atom is -0.329 e. The fourth-order valence-electron chi connectivity index (χ4n) is 2.44. The van der Waals surface area contributed by atoms with Crippen LogP contribution in [0.5, 0.6) is 0 Å². The SMILES string of the molecule is Cc1ccc(S(=O)(=O)N2CC(N3C(=O)CNC3=O)C2)cc1. The summed E-state index contributed by atoms with van der Waals surface area (Å²) in [6, 6.07) is 5.78. The molecule has 8 heteroatoms. The highest BCUT2D eigenvalue weighted by molar-refractivity contribution is 7.89. The molecule has 0 aromatic heterocycles. The molecule has 2 aliphatic heterocycles. The Bertz CT molecular complexity index is 677. The molecule has 1 aromatic rings. The molecule has 0 saturated carbocycles. The van der Waals surface area contributed by atoms with Gasteiger partial charge in [-0.25, -0.2) is 13.2 Å². The molecule has 0 radical (unpaired) electrons. The number of amides is 3. The Kier molecular flexibility index (Phi) is 3.22. The van der Waals surface area contributed by atoms with E-state index < -0.39 is 16.1 Å². The molecule has 2 aliphatic rings. The van der Waals surface area contributed by atoms with Crippen molar-refractivity contribution in [3.05, 3.63) is 29.8 Å². The van der Waals surface area contributed by atoms with Gasteiger partial charge in [0, 0.05) is 13.1 Å². The third kappa shape index (κ3) is 2.30. The second-order valence-corrected chi connectivity index (χ2v) is 7.15. The molecule has 0 unspecified atom stereocenters. The molecule has 2 heterocycles. The van der Waals surface area contributed by atoms with Crippen LogP contribution < -0.4 is 5.32 Å². The van der Waals surface area contributed by atoms with E-state index in [1.165, 1.54) is 4.31 Å². The van der Waals surface area contributed by atoms with Crippen molar-refractivity contribution in [1.29, 1.82) is 0 Å². The monoisotopic (exact) mass is 309 g/mol. The first-order chi connectivity index (χ1) is 9.89. The van der Waals surface area contributed by atoms with Gasteiger partial charge in [-0.3, -0.25) is 9.69 Å². The summed E-state index contributed by atoms with van der Waals surface area (Å²) < 4.78 is 26.0. The van der Waals surface area contributed by atoms with E-state index in [0.717, 1.165) is 10.5 Å². The van der Waals surface area contributed by atoms with Gasteiger partial charge in [-0.05, 0) is 19.1 Å². The number of carbonyl (C=O) groups excluding carboxylic acids is 2. The van der Waals surface area contributed by atoms with Crippen LogP contribution in [0.15, 0.2) is 29.2 Å². The molecule has 7 nitrogen and oxygen atoms in total. The molecule has 21 heavy (non-hydrogen) atoms. The van der Waals surface area contributed by atoms with Crippen LogP contribution in [0, 0.1) is 6.92 Å². The Morgan fingerprint density at radius 3 is 2.29 bits per heavy atom. The van der Waals surface area contributed by atoms with Crippen LogP contribution in [0.4, 0.5) is 4.79 Å². The van der Waals surface area contributed by atoms with Crippen molar-refractivity contribution >= 4 is 22.0 Å². The first-order valence-electron chi connectivity index (χ1n) is 6.56. The van der Waals surface area contributed by atoms with Gasteiger partial charge in [-0.1, -0.05) is 17.7 Å². The number of sulfonamides is 1. The number of urea groups is 1. The summed E-state index contributed by atoms with van der Waals surface area (Å²) in [5.74, 6) is -0.308. The van der Waals surface area contributed by atoms with E-state index in [0.29, 0.717) is 0 Å². The predicted octanol–water partition coefficient (Wildman–Crippen LogP) is -0.0803. The second kappa shape index (κ2) is 4.81. The van der Waals surface area contributed by atoms with Gasteiger partial charge in [0.2, 0.25) is 15.9 Å². The summed E-state index contributed by atoms with van der Waals surface area (Å²) in [5.41, 5.74) is 0.981. The molecule has 1 aromatic carbocycles. The van der Waals surface area contributed by atoms with Crippen LogP contribution >= 0.6 is 0 Å². The topological polar surface area (TPSA) is 86.8 Å². The zero-order valence-electron chi connectivity index (χ0n) is 11.4. The Balaban J connectivity index is 1.72. The largest absolute Gasteiger partial charge is 0.329 e. The van der Waals surface area contributed by atoms with Crippen molar-refractivity contribution in [2.75, 3.05) is 19.6 Å². The van der Waals surface area contributed by atoms with E-state index in [-0.39, 0.29) is 36.5 Å². The maximum Gasteiger partial charge on any atom is 0.324 e. The van der Waals surface area contributed by atoms with Crippen LogP contribution in [0.25, 0.3) is 0 Å². The Morgan fingerprint density at radius 1 is 1.14 bits per heavy atom. The third-order valence-corrected chi connectivity index (χ3v) is 5.58. The molecule has 0 aliphatic carbocycles. The van der Waals surface area contributed by atoms with Crippen molar-refractivity contribution in [3.8, 4) is 0 Å². The van der Waals surface area contributed by atoms with Gasteiger partial charge in [-0.15, -0.1) is 0 Å². The zero-order chi connectivity index (χ0) is 15.2. The van der Waals surface area contributed by atoms with E-state index in [4.69, 9.17) is 0 Å². The molecule has 0 atom stereocenters. The standard InChI is InChI=1S/C13H15N3O4S/c1-9-2-4-11(5-3-9)21(19,20)15-7-10(8-15)16-12(17)6-14-13(16)18/h2-5,10H,6-8H2,1H3,(H,14,18). The maximum atomic E-state index is 12.4. The molecular weight excluding hydrogens is 294 g/mol. The van der Waals surface area contributed by atoms with Crippen molar-refractivity contribution in [2.45, 2.75) is 17.9 Å². The van der Waals surface area contributed by atoms with E-state index in [2.05, 4.69) is 5.32 Å². The Morgan fingerprint density at radius 2 is 1.76 bits per heavy atom. The van der Waals surface area contributed by atoms with Crippen molar-refractivity contribution in [2.24, 2.45) is 0 Å². The van der Waals surface area contributed by atoms with Crippen molar-refractivity contribution in [3.63, 3.8) is 0 Å². The van der Waals surface area contributed by atoms with Gasteiger partial charge in [0.25, 0.3) is 0 Å². The van der Waals surface area contributed by atoms with E-state index >= 15 is 0 Å². The summed E-state index contributed by atoms with van der Waals surface area (Å²) in [6.07, 6.45) is 0. The van der Waals surface area contributed by atoms with Crippen LogP contribution in [0.1, 0.15) is 5.56 Å². The molecule has 112 valence electrons. The normalized spacial score (nSPS) is 20.5. The highest BCUT2D eigenvalue weighted by Gasteiger charge is 2.45. The first-order valence-corrected chi connectivity index (χ1v) is 8.00. The number of carbonyl (C=O) groups is 2. The van der Waals surface area contributed by atoms with Gasteiger partial charge in [0.15, 0.2) is 0 Å². The number of hydrogen-bond acceptors (Lipinski definition) is 4. The van der Waals surface area contributed by atoms with Gasteiger partial charge in [0.1, 0.15) is 0 Å². The smallest absolute Gasteiger partial charge is 0.324 e. The molecule has 2 saturated heterocycles. The zero-order valence-corrected chi connectivity index (χ0v) is 12.3. The predicted molar refractivity (Wildman–Crippen MR) is 74.0 cm³/mol. The minimum atomic E-state index is -3.55. The third-order valence-electron chi connectivity index (χ3n) is 3.73. The summed E-state index contributed by atoms with van der Waals surface area (Å²) in [5, 5.41) is 2.43. The van der Waals surface area contributed by atoms with Crippen LogP contribution in [0.2, 0.25) is 0 Å². The van der Waals surface area contributed by atoms with Gasteiger partial charge in [-0.2, -0.15) is 4.31 Å². The fourth-order valence-corrected chi connectivity index (χ4v) is 3.95. The Hall–Kier alpha value is -1.93. The molecule has 0 bridgehead atoms. The molecule has 0 spiro atoms. The average molecular weight is 309 g/mol. The lowest BCUT2D eigenvalue weighted by Gasteiger charge is -2.41. The highest BCUT2D eigenvalue weighted by atomic mass is 32.2. The molecule has 2 fully saturated rings. The van der Waals surface area contributed by atoms with E-state index in [1.54, 1.807) is 24.3 Å². The number of nitrogens with one attached hydrogen (secondary N) is 1. The number of aryl methyl sites for hydroxylation is 1. The molecule has 3 amide bonds. The van der Waals surface area contributed by atoms with Crippen molar-refractivity contribution in [1.82, 2.24) is 14.5 Å². The number of nitrogens with zero attached hydrogens (tertiary/aromatic N) is 2. The minimum absolute atomic E-state index is 0.0138. The number of rotatable bonds is 3. The molecule has 1 N–H and O–H groups in total. The van der Waals surface area contributed by atoms with Crippen LogP contribution in [-0.4, -0.2) is 55.2 Å². The van der Waals surface area contributed by atoms with E-state index in [1.807, 2.05) is 6.92 Å². The van der Waals surface area contributed by atoms with Gasteiger partial charge in [0.05, 0.1) is 17.5 Å². The maximum absolute atomic E-state index is 12.4. The number of hydrogen-bond donors (Lipinski definition) is 1. The summed E-state index contributed by atoms with van der Waals surface area (Å²) in [6.45, 7) is 2.17. The Labute approximate surface area is 122 Å².